The maximum atomic E-state index is 12.3. The van der Waals surface area contributed by atoms with Gasteiger partial charge in [-0.25, -0.2) is 5.43 Å². The molecule has 9 heteroatoms. The summed E-state index contributed by atoms with van der Waals surface area (Å²) in [4.78, 5) is 12.3. The Morgan fingerprint density at radius 2 is 1.85 bits per heavy atom. The first kappa shape index (κ1) is 22.1. The minimum absolute atomic E-state index is 0.132. The van der Waals surface area contributed by atoms with E-state index in [0.29, 0.717) is 5.16 Å². The Hall–Kier alpha value is -4.11. The Kier molecular flexibility index (Phi) is 7.01. The van der Waals surface area contributed by atoms with E-state index in [-0.39, 0.29) is 17.4 Å². The van der Waals surface area contributed by atoms with Crippen LogP contribution >= 0.6 is 11.8 Å². The maximum Gasteiger partial charge on any atom is 0.342 e. The molecule has 0 bridgehead atoms. The molecule has 0 radical (unpaired) electrons. The van der Waals surface area contributed by atoms with E-state index in [1.54, 1.807) is 31.4 Å². The molecule has 0 aliphatic rings. The molecule has 3 aromatic carbocycles. The molecule has 3 N–H and O–H groups in total. The lowest BCUT2D eigenvalue weighted by Crippen LogP contribution is -2.34. The van der Waals surface area contributed by atoms with Crippen molar-refractivity contribution in [2.45, 2.75) is 5.16 Å². The van der Waals surface area contributed by atoms with Crippen molar-refractivity contribution in [3.8, 4) is 28.6 Å². The van der Waals surface area contributed by atoms with Crippen molar-refractivity contribution in [1.82, 2.24) is 15.6 Å². The van der Waals surface area contributed by atoms with Crippen LogP contribution in [0.1, 0.15) is 5.56 Å². The third-order valence-corrected chi connectivity index (χ3v) is 5.62. The fourth-order valence-corrected chi connectivity index (χ4v) is 3.81. The molecule has 4 aromatic rings. The number of hydrogen-bond acceptors (Lipinski definition) is 6. The molecule has 0 spiro atoms. The van der Waals surface area contributed by atoms with Gasteiger partial charge < -0.3 is 9.84 Å². The van der Waals surface area contributed by atoms with Crippen molar-refractivity contribution in [2.24, 2.45) is 5.10 Å². The number of para-hydroxylation sites is 1. The predicted octanol–water partition coefficient (Wildman–Crippen LogP) is 3.31. The van der Waals surface area contributed by atoms with Gasteiger partial charge in [-0.2, -0.15) is 9.67 Å². The quantitative estimate of drug-likeness (QED) is 0.162. The second kappa shape index (κ2) is 10.5. The highest BCUT2D eigenvalue weighted by Crippen LogP contribution is 2.22. The maximum absolute atomic E-state index is 12.3. The third kappa shape index (κ3) is 5.58. The average Bonchev–Trinajstić information content (AvgIpc) is 3.28. The topological polar surface area (TPSA) is 103 Å². The summed E-state index contributed by atoms with van der Waals surface area (Å²) in [6.45, 7) is 0. The van der Waals surface area contributed by atoms with Gasteiger partial charge in [0.1, 0.15) is 17.2 Å². The zero-order chi connectivity index (χ0) is 23.0. The van der Waals surface area contributed by atoms with E-state index in [2.05, 4.69) is 20.7 Å². The molecule has 4 rings (SSSR count). The first-order valence-electron chi connectivity index (χ1n) is 10.1. The predicted molar refractivity (Wildman–Crippen MR) is 127 cm³/mol. The van der Waals surface area contributed by atoms with Gasteiger partial charge in [0.15, 0.2) is 0 Å². The second-order valence-electron chi connectivity index (χ2n) is 6.93. The van der Waals surface area contributed by atoms with Crippen LogP contribution in [0.25, 0.3) is 17.1 Å². The van der Waals surface area contributed by atoms with E-state index in [9.17, 15) is 9.90 Å². The zero-order valence-corrected chi connectivity index (χ0v) is 18.6. The molecule has 1 amide bonds. The smallest absolute Gasteiger partial charge is 0.342 e. The van der Waals surface area contributed by atoms with Gasteiger partial charge in [0.25, 0.3) is 11.7 Å². The minimum Gasteiger partial charge on any atom is -0.508 e. The van der Waals surface area contributed by atoms with Crippen LogP contribution in [-0.4, -0.2) is 40.3 Å². The zero-order valence-electron chi connectivity index (χ0n) is 17.8. The van der Waals surface area contributed by atoms with Crippen LogP contribution in [0, 0.1) is 0 Å². The summed E-state index contributed by atoms with van der Waals surface area (Å²) in [5.41, 5.74) is 5.13. The van der Waals surface area contributed by atoms with Gasteiger partial charge in [0.05, 0.1) is 29.7 Å². The number of carbonyl (C=O) groups is 1. The van der Waals surface area contributed by atoms with Crippen LogP contribution in [0.3, 0.4) is 0 Å². The molecule has 0 aliphatic heterocycles. The molecule has 8 nitrogen and oxygen atoms in total. The molecule has 33 heavy (non-hydrogen) atoms. The number of phenolic OH excluding ortho intramolecular Hbond substituents is 1. The van der Waals surface area contributed by atoms with Crippen molar-refractivity contribution >= 4 is 23.9 Å². The van der Waals surface area contributed by atoms with Gasteiger partial charge in [-0.3, -0.25) is 4.79 Å². The van der Waals surface area contributed by atoms with Crippen LogP contribution in [0.15, 0.2) is 89.1 Å². The van der Waals surface area contributed by atoms with Gasteiger partial charge in [0.2, 0.25) is 0 Å². The van der Waals surface area contributed by atoms with Crippen LogP contribution in [-0.2, 0) is 4.79 Å². The Labute approximate surface area is 194 Å². The van der Waals surface area contributed by atoms with E-state index in [1.165, 1.54) is 18.0 Å². The number of aromatic nitrogens is 3. The SMILES string of the molecule is COc1ccc(-c2[nH]nc(SCC(=O)NN=Cc3ccc(O)cc3)[n+]2-c2ccccc2)cc1. The van der Waals surface area contributed by atoms with E-state index < -0.39 is 0 Å². The summed E-state index contributed by atoms with van der Waals surface area (Å²) in [6, 6.07) is 24.0. The van der Waals surface area contributed by atoms with E-state index in [4.69, 9.17) is 4.74 Å². The van der Waals surface area contributed by atoms with Gasteiger partial charge in [-0.1, -0.05) is 18.2 Å². The highest BCUT2D eigenvalue weighted by Gasteiger charge is 2.24. The van der Waals surface area contributed by atoms with Gasteiger partial charge in [-0.05, 0) is 78.0 Å². The number of hydrogen-bond donors (Lipinski definition) is 3. The monoisotopic (exact) mass is 460 g/mol. The number of carbonyl (C=O) groups excluding carboxylic acids is 1. The standard InChI is InChI=1S/C24H21N5O3S/c1-32-21-13-9-18(10-14-21)23-27-28-24(29(23)19-5-3-2-4-6-19)33-16-22(31)26-25-15-17-7-11-20(30)12-8-17/h2-15H,16H2,1H3,(H2,25,26,30,31)/p+1. The molecule has 1 heterocycles. The fourth-order valence-electron chi connectivity index (χ4n) is 3.05. The first-order chi connectivity index (χ1) is 16.1. The van der Waals surface area contributed by atoms with E-state index >= 15 is 0 Å². The number of H-pyrrole nitrogens is 1. The summed E-state index contributed by atoms with van der Waals surface area (Å²) in [7, 11) is 1.63. The number of hydrazone groups is 1. The lowest BCUT2D eigenvalue weighted by molar-refractivity contribution is -0.625. The molecule has 0 saturated carbocycles. The summed E-state index contributed by atoms with van der Waals surface area (Å²) in [5, 5.41) is 21.5. The number of aromatic amines is 1. The second-order valence-corrected chi connectivity index (χ2v) is 7.87. The van der Waals surface area contributed by atoms with Crippen LogP contribution in [0.4, 0.5) is 0 Å². The first-order valence-corrected chi connectivity index (χ1v) is 11.1. The number of rotatable bonds is 8. The molecular formula is C24H22N5O3S+. The Morgan fingerprint density at radius 3 is 2.55 bits per heavy atom. The summed E-state index contributed by atoms with van der Waals surface area (Å²) in [5.74, 6) is 1.60. The Balaban J connectivity index is 1.49. The van der Waals surface area contributed by atoms with Gasteiger partial charge in [-0.15, -0.1) is 5.10 Å². The molecule has 0 atom stereocenters. The highest BCUT2D eigenvalue weighted by molar-refractivity contribution is 7.99. The number of methoxy groups -OCH3 is 1. The molecule has 0 unspecified atom stereocenters. The van der Waals surface area contributed by atoms with Crippen molar-refractivity contribution in [2.75, 3.05) is 12.9 Å². The Morgan fingerprint density at radius 1 is 1.12 bits per heavy atom. The lowest BCUT2D eigenvalue weighted by atomic mass is 10.2. The number of thioether (sulfide) groups is 1. The van der Waals surface area contributed by atoms with Crippen molar-refractivity contribution in [1.29, 1.82) is 0 Å². The summed E-state index contributed by atoms with van der Waals surface area (Å²) < 4.78 is 7.22. The molecular weight excluding hydrogens is 438 g/mol. The largest absolute Gasteiger partial charge is 0.508 e. The van der Waals surface area contributed by atoms with Crippen molar-refractivity contribution in [3.63, 3.8) is 0 Å². The Bertz CT molecular complexity index is 1240. The number of phenols is 1. The van der Waals surface area contributed by atoms with Crippen LogP contribution in [0.2, 0.25) is 0 Å². The molecule has 166 valence electrons. The van der Waals surface area contributed by atoms with Crippen molar-refractivity contribution < 1.29 is 19.2 Å². The fraction of sp³-hybridized carbons (Fsp3) is 0.0833. The van der Waals surface area contributed by atoms with E-state index in [1.807, 2.05) is 59.2 Å². The number of nitrogens with one attached hydrogen (secondary N) is 2. The number of aromatic hydroxyl groups is 1. The molecule has 0 fully saturated rings. The number of nitrogens with zero attached hydrogens (tertiary/aromatic N) is 3. The number of amides is 1. The number of benzene rings is 3. The third-order valence-electron chi connectivity index (χ3n) is 4.68. The van der Waals surface area contributed by atoms with Gasteiger partial charge in [0, 0.05) is 0 Å². The van der Waals surface area contributed by atoms with Crippen LogP contribution in [0.5, 0.6) is 11.5 Å². The lowest BCUT2D eigenvalue weighted by Gasteiger charge is -2.05. The van der Waals surface area contributed by atoms with Crippen LogP contribution < -0.4 is 14.7 Å². The van der Waals surface area contributed by atoms with Crippen molar-refractivity contribution in [3.05, 3.63) is 84.4 Å². The molecule has 1 aromatic heterocycles. The minimum atomic E-state index is -0.261. The summed E-state index contributed by atoms with van der Waals surface area (Å²) >= 11 is 1.30. The van der Waals surface area contributed by atoms with Gasteiger partial charge >= 0.3 is 5.16 Å². The molecule has 0 saturated heterocycles. The van der Waals surface area contributed by atoms with E-state index in [0.717, 1.165) is 28.4 Å². The number of ether oxygens (including phenoxy) is 1. The normalized spacial score (nSPS) is 10.9. The summed E-state index contributed by atoms with van der Waals surface area (Å²) in [6.07, 6.45) is 1.52. The molecule has 0 aliphatic carbocycles. The highest BCUT2D eigenvalue weighted by atomic mass is 32.2. The average molecular weight is 461 g/mol.